The van der Waals surface area contributed by atoms with Gasteiger partial charge in [0.05, 0.1) is 23.3 Å². The highest BCUT2D eigenvalue weighted by molar-refractivity contribution is 6.30. The van der Waals surface area contributed by atoms with Crippen molar-refractivity contribution in [3.63, 3.8) is 0 Å². The van der Waals surface area contributed by atoms with Crippen LogP contribution in [-0.4, -0.2) is 40.6 Å². The topological polar surface area (TPSA) is 61.0 Å². The minimum Gasteiger partial charge on any atom is -0.329 e. The zero-order chi connectivity index (χ0) is 17.4. The molecular weight excluding hydrogens is 336 g/mol. The van der Waals surface area contributed by atoms with E-state index in [9.17, 15) is 4.79 Å². The largest absolute Gasteiger partial charge is 0.329 e. The van der Waals surface area contributed by atoms with Crippen LogP contribution < -0.4 is 5.32 Å². The number of hydrogen-bond acceptors (Lipinski definition) is 3. The van der Waals surface area contributed by atoms with Crippen LogP contribution in [0.1, 0.15) is 27.5 Å². The van der Waals surface area contributed by atoms with Crippen molar-refractivity contribution in [2.24, 2.45) is 0 Å². The van der Waals surface area contributed by atoms with Crippen LogP contribution >= 0.6 is 11.6 Å². The molecule has 1 unspecified atom stereocenters. The summed E-state index contributed by atoms with van der Waals surface area (Å²) in [5, 5.41) is 12.1. The van der Waals surface area contributed by atoms with E-state index in [-0.39, 0.29) is 11.9 Å². The number of nitrogens with one attached hydrogen (secondary N) is 2. The Kier molecular flexibility index (Phi) is 4.19. The highest BCUT2D eigenvalue weighted by atomic mass is 35.5. The molecule has 6 heteroatoms. The van der Waals surface area contributed by atoms with Crippen molar-refractivity contribution in [2.45, 2.75) is 13.0 Å². The summed E-state index contributed by atoms with van der Waals surface area (Å²) in [6, 6.07) is 11.6. The Balaban J connectivity index is 1.75. The Morgan fingerprint density at radius 3 is 3.04 bits per heavy atom. The highest BCUT2D eigenvalue weighted by Crippen LogP contribution is 2.28. The van der Waals surface area contributed by atoms with E-state index in [0.29, 0.717) is 23.7 Å². The smallest absolute Gasteiger partial charge is 0.256 e. The lowest BCUT2D eigenvalue weighted by Gasteiger charge is -2.36. The van der Waals surface area contributed by atoms with E-state index in [0.717, 1.165) is 28.6 Å². The average Bonchev–Trinajstić information content (AvgIpc) is 3.08. The summed E-state index contributed by atoms with van der Waals surface area (Å²) in [6.07, 6.45) is 1.76. The number of rotatable bonds is 2. The lowest BCUT2D eigenvalue weighted by molar-refractivity contribution is 0.0636. The van der Waals surface area contributed by atoms with Gasteiger partial charge in [-0.25, -0.2) is 0 Å². The molecule has 25 heavy (non-hydrogen) atoms. The molecule has 4 rings (SSSR count). The first-order valence-corrected chi connectivity index (χ1v) is 8.72. The van der Waals surface area contributed by atoms with E-state index in [1.54, 1.807) is 6.20 Å². The first-order chi connectivity index (χ1) is 12.1. The van der Waals surface area contributed by atoms with E-state index in [1.807, 2.05) is 48.2 Å². The summed E-state index contributed by atoms with van der Waals surface area (Å²) in [6.45, 7) is 4.14. The lowest BCUT2D eigenvalue weighted by Crippen LogP contribution is -2.48. The van der Waals surface area contributed by atoms with Crippen molar-refractivity contribution in [2.75, 3.05) is 19.6 Å². The van der Waals surface area contributed by atoms with Crippen LogP contribution in [0.4, 0.5) is 0 Å². The first-order valence-electron chi connectivity index (χ1n) is 8.34. The van der Waals surface area contributed by atoms with Crippen LogP contribution in [0.15, 0.2) is 42.6 Å². The second-order valence-corrected chi connectivity index (χ2v) is 6.86. The Bertz CT molecular complexity index is 936. The molecule has 0 spiro atoms. The van der Waals surface area contributed by atoms with Gasteiger partial charge < -0.3 is 10.2 Å². The number of piperazine rings is 1. The van der Waals surface area contributed by atoms with Crippen LogP contribution in [0.5, 0.6) is 0 Å². The fourth-order valence-electron chi connectivity index (χ4n) is 3.49. The number of halogens is 1. The fraction of sp³-hybridized carbons (Fsp3) is 0.263. The second-order valence-electron chi connectivity index (χ2n) is 6.42. The number of carbonyl (C=O) groups excluding carboxylic acids is 1. The maximum Gasteiger partial charge on any atom is 0.256 e. The van der Waals surface area contributed by atoms with Crippen molar-refractivity contribution in [3.05, 3.63) is 64.3 Å². The molecule has 0 saturated carbocycles. The molecule has 1 amide bonds. The van der Waals surface area contributed by atoms with E-state index < -0.39 is 0 Å². The molecule has 1 aliphatic heterocycles. The lowest BCUT2D eigenvalue weighted by atomic mass is 10.0. The number of carbonyl (C=O) groups is 1. The van der Waals surface area contributed by atoms with Crippen LogP contribution in [0.25, 0.3) is 10.9 Å². The van der Waals surface area contributed by atoms with Gasteiger partial charge in [0.15, 0.2) is 0 Å². The molecule has 0 radical (unpaired) electrons. The minimum atomic E-state index is -0.0431. The third-order valence-corrected chi connectivity index (χ3v) is 4.90. The zero-order valence-corrected chi connectivity index (χ0v) is 14.7. The molecule has 2 heterocycles. The molecule has 1 fully saturated rings. The molecule has 0 bridgehead atoms. The molecule has 2 aromatic carbocycles. The van der Waals surface area contributed by atoms with Gasteiger partial charge in [0.1, 0.15) is 0 Å². The van der Waals surface area contributed by atoms with Gasteiger partial charge in [0, 0.05) is 30.0 Å². The molecule has 3 aromatic rings. The van der Waals surface area contributed by atoms with Gasteiger partial charge in [0.25, 0.3) is 5.91 Å². The van der Waals surface area contributed by atoms with Gasteiger partial charge in [-0.15, -0.1) is 0 Å². The normalized spacial score (nSPS) is 17.8. The van der Waals surface area contributed by atoms with Gasteiger partial charge in [-0.05, 0) is 42.3 Å². The van der Waals surface area contributed by atoms with E-state index in [2.05, 4.69) is 15.5 Å². The van der Waals surface area contributed by atoms with E-state index >= 15 is 0 Å². The first kappa shape index (κ1) is 16.1. The number of nitrogens with zero attached hydrogens (tertiary/aromatic N) is 2. The highest BCUT2D eigenvalue weighted by Gasteiger charge is 2.30. The minimum absolute atomic E-state index is 0.0180. The summed E-state index contributed by atoms with van der Waals surface area (Å²) in [4.78, 5) is 15.3. The Morgan fingerprint density at radius 2 is 2.20 bits per heavy atom. The Hall–Kier alpha value is -2.37. The summed E-state index contributed by atoms with van der Waals surface area (Å²) in [5.41, 5.74) is 3.55. The summed E-state index contributed by atoms with van der Waals surface area (Å²) < 4.78 is 0. The van der Waals surface area contributed by atoms with E-state index in [1.165, 1.54) is 0 Å². The zero-order valence-electron chi connectivity index (χ0n) is 13.9. The van der Waals surface area contributed by atoms with Crippen molar-refractivity contribution >= 4 is 28.4 Å². The molecule has 1 aliphatic rings. The van der Waals surface area contributed by atoms with E-state index in [4.69, 9.17) is 11.6 Å². The van der Waals surface area contributed by atoms with Crippen LogP contribution in [-0.2, 0) is 0 Å². The fourth-order valence-corrected chi connectivity index (χ4v) is 3.69. The number of aromatic nitrogens is 2. The molecule has 1 saturated heterocycles. The molecule has 1 atom stereocenters. The molecule has 128 valence electrons. The average molecular weight is 355 g/mol. The maximum atomic E-state index is 13.3. The number of hydrogen-bond donors (Lipinski definition) is 2. The van der Waals surface area contributed by atoms with Gasteiger partial charge in [-0.3, -0.25) is 9.89 Å². The van der Waals surface area contributed by atoms with Gasteiger partial charge in [-0.1, -0.05) is 23.7 Å². The predicted octanol–water partition coefficient (Wildman–Crippen LogP) is 3.31. The SMILES string of the molecule is Cc1cc(C(=O)N2CCNCC2c2cccc(Cl)c2)c2[nH]ncc2c1. The second kappa shape index (κ2) is 6.50. The molecule has 2 N–H and O–H groups in total. The van der Waals surface area contributed by atoms with Crippen molar-refractivity contribution in [1.29, 1.82) is 0 Å². The number of aryl methyl sites for hydroxylation is 1. The quantitative estimate of drug-likeness (QED) is 0.742. The maximum absolute atomic E-state index is 13.3. The molecule has 5 nitrogen and oxygen atoms in total. The number of H-pyrrole nitrogens is 1. The van der Waals surface area contributed by atoms with Crippen molar-refractivity contribution in [3.8, 4) is 0 Å². The van der Waals surface area contributed by atoms with Gasteiger partial charge in [-0.2, -0.15) is 5.10 Å². The summed E-state index contributed by atoms with van der Waals surface area (Å²) >= 11 is 6.16. The summed E-state index contributed by atoms with van der Waals surface area (Å²) in [7, 11) is 0. The van der Waals surface area contributed by atoms with Crippen LogP contribution in [0, 0.1) is 6.92 Å². The van der Waals surface area contributed by atoms with Crippen LogP contribution in [0.3, 0.4) is 0 Å². The Morgan fingerprint density at radius 1 is 1.32 bits per heavy atom. The van der Waals surface area contributed by atoms with Gasteiger partial charge >= 0.3 is 0 Å². The molecular formula is C19H19ClN4O. The monoisotopic (exact) mass is 354 g/mol. The number of aromatic amines is 1. The van der Waals surface area contributed by atoms with Gasteiger partial charge in [0.2, 0.25) is 0 Å². The van der Waals surface area contributed by atoms with Crippen molar-refractivity contribution < 1.29 is 4.79 Å². The third kappa shape index (κ3) is 3.01. The number of benzene rings is 2. The molecule has 1 aromatic heterocycles. The number of fused-ring (bicyclic) bond motifs is 1. The van der Waals surface area contributed by atoms with Crippen molar-refractivity contribution in [1.82, 2.24) is 20.4 Å². The Labute approximate surface area is 151 Å². The predicted molar refractivity (Wildman–Crippen MR) is 98.9 cm³/mol. The van der Waals surface area contributed by atoms with Crippen LogP contribution in [0.2, 0.25) is 5.02 Å². The number of amides is 1. The standard InChI is InChI=1S/C19H19ClN4O/c1-12-7-14-10-22-23-18(14)16(8-12)19(25)24-6-5-21-11-17(24)13-3-2-4-15(20)9-13/h2-4,7-10,17,21H,5-6,11H2,1H3,(H,22,23). The molecule has 0 aliphatic carbocycles. The third-order valence-electron chi connectivity index (χ3n) is 4.66. The summed E-state index contributed by atoms with van der Waals surface area (Å²) in [5.74, 6) is 0.0180.